The maximum Gasteiger partial charge on any atom is 0.291 e. The summed E-state index contributed by atoms with van der Waals surface area (Å²) in [5.74, 6) is -2.20. The first kappa shape index (κ1) is 18.8. The van der Waals surface area contributed by atoms with Gasteiger partial charge in [0.1, 0.15) is 0 Å². The highest BCUT2D eigenvalue weighted by Crippen LogP contribution is 2.22. The van der Waals surface area contributed by atoms with Gasteiger partial charge in [-0.1, -0.05) is 35.5 Å². The van der Waals surface area contributed by atoms with E-state index in [0.717, 1.165) is 19.6 Å². The molecule has 4 rings (SSSR count). The minimum absolute atomic E-state index is 0.134. The van der Waals surface area contributed by atoms with Crippen LogP contribution in [0.3, 0.4) is 0 Å². The third kappa shape index (κ3) is 3.88. The third-order valence-electron chi connectivity index (χ3n) is 5.06. The van der Waals surface area contributed by atoms with Crippen molar-refractivity contribution in [2.24, 2.45) is 5.73 Å². The fourth-order valence-electron chi connectivity index (χ4n) is 3.49. The van der Waals surface area contributed by atoms with Gasteiger partial charge in [-0.3, -0.25) is 19.3 Å². The molecule has 0 aliphatic carbocycles. The number of nitrogens with zero attached hydrogens (tertiary/aromatic N) is 3. The zero-order valence-corrected chi connectivity index (χ0v) is 15.7. The molecule has 1 aliphatic heterocycles. The lowest BCUT2D eigenvalue weighted by Crippen LogP contribution is -2.48. The smallest absolute Gasteiger partial charge is 0.291 e. The van der Waals surface area contributed by atoms with Gasteiger partial charge in [-0.2, -0.15) is 0 Å². The molecule has 0 saturated carbocycles. The van der Waals surface area contributed by atoms with Crippen LogP contribution in [0, 0.1) is 0 Å². The molecular formula is C21H20N4O4. The largest absolute Gasteiger partial charge is 0.363 e. The number of hydrogen-bond donors (Lipinski definition) is 1. The van der Waals surface area contributed by atoms with Gasteiger partial charge < -0.3 is 15.2 Å². The summed E-state index contributed by atoms with van der Waals surface area (Å²) in [6.45, 7) is 3.64. The van der Waals surface area contributed by atoms with E-state index in [2.05, 4.69) is 22.2 Å². The van der Waals surface area contributed by atoms with Crippen molar-refractivity contribution < 1.29 is 18.9 Å². The summed E-state index contributed by atoms with van der Waals surface area (Å²) in [5.41, 5.74) is 6.86. The highest BCUT2D eigenvalue weighted by molar-refractivity contribution is 6.43. The molecule has 0 unspecified atom stereocenters. The molecule has 0 radical (unpaired) electrons. The van der Waals surface area contributed by atoms with E-state index in [-0.39, 0.29) is 11.6 Å². The summed E-state index contributed by atoms with van der Waals surface area (Å²) in [7, 11) is 0. The first-order valence-electron chi connectivity index (χ1n) is 9.32. The van der Waals surface area contributed by atoms with Crippen molar-refractivity contribution >= 4 is 28.6 Å². The average Bonchev–Trinajstić information content (AvgIpc) is 3.17. The third-order valence-corrected chi connectivity index (χ3v) is 5.06. The number of benzene rings is 2. The molecule has 3 aromatic rings. The SMILES string of the molecule is NC(=O)C(=O)c1noc2ccc(C(=O)N3CCN(Cc4ccccc4)CC3)cc12. The molecule has 1 aromatic heterocycles. The Morgan fingerprint density at radius 2 is 1.72 bits per heavy atom. The number of fused-ring (bicyclic) bond motifs is 1. The van der Waals surface area contributed by atoms with Crippen molar-refractivity contribution in [1.29, 1.82) is 0 Å². The molecule has 2 amide bonds. The molecular weight excluding hydrogens is 372 g/mol. The summed E-state index contributed by atoms with van der Waals surface area (Å²) in [6.07, 6.45) is 0. The lowest BCUT2D eigenvalue weighted by Gasteiger charge is -2.34. The van der Waals surface area contributed by atoms with Crippen molar-refractivity contribution in [3.05, 3.63) is 65.4 Å². The van der Waals surface area contributed by atoms with E-state index in [1.807, 2.05) is 18.2 Å². The van der Waals surface area contributed by atoms with E-state index in [9.17, 15) is 14.4 Å². The molecule has 2 heterocycles. The number of rotatable bonds is 5. The van der Waals surface area contributed by atoms with E-state index in [4.69, 9.17) is 10.3 Å². The highest BCUT2D eigenvalue weighted by atomic mass is 16.5. The minimum atomic E-state index is -1.12. The van der Waals surface area contributed by atoms with Crippen molar-refractivity contribution in [3.8, 4) is 0 Å². The Morgan fingerprint density at radius 1 is 1.00 bits per heavy atom. The van der Waals surface area contributed by atoms with Gasteiger partial charge in [0, 0.05) is 38.3 Å². The van der Waals surface area contributed by atoms with Crippen molar-refractivity contribution in [3.63, 3.8) is 0 Å². The van der Waals surface area contributed by atoms with Crippen LogP contribution in [0.4, 0.5) is 0 Å². The van der Waals surface area contributed by atoms with E-state index < -0.39 is 11.7 Å². The van der Waals surface area contributed by atoms with Gasteiger partial charge in [-0.15, -0.1) is 0 Å². The first-order chi connectivity index (χ1) is 14.0. The zero-order chi connectivity index (χ0) is 20.4. The molecule has 0 atom stereocenters. The molecule has 2 N–H and O–H groups in total. The van der Waals surface area contributed by atoms with Crippen LogP contribution in [0.1, 0.15) is 26.4 Å². The van der Waals surface area contributed by atoms with E-state index in [1.165, 1.54) is 11.6 Å². The van der Waals surface area contributed by atoms with Crippen molar-refractivity contribution in [2.45, 2.75) is 6.54 Å². The lowest BCUT2D eigenvalue weighted by molar-refractivity contribution is -0.114. The minimum Gasteiger partial charge on any atom is -0.363 e. The number of carbonyl (C=O) groups is 3. The zero-order valence-electron chi connectivity index (χ0n) is 15.7. The summed E-state index contributed by atoms with van der Waals surface area (Å²) in [5, 5.41) is 3.93. The molecule has 148 valence electrons. The normalized spacial score (nSPS) is 14.8. The van der Waals surface area contributed by atoms with E-state index in [0.29, 0.717) is 29.6 Å². The fourth-order valence-corrected chi connectivity index (χ4v) is 3.49. The summed E-state index contributed by atoms with van der Waals surface area (Å²) in [4.78, 5) is 40.1. The fraction of sp³-hybridized carbons (Fsp3) is 0.238. The van der Waals surface area contributed by atoms with Gasteiger partial charge in [0.25, 0.3) is 17.6 Å². The standard InChI is InChI=1S/C21H20N4O4/c22-20(27)19(26)18-16-12-15(6-7-17(16)29-23-18)21(28)25-10-8-24(9-11-25)13-14-4-2-1-3-5-14/h1-7,12H,8-11,13H2,(H2,22,27). The highest BCUT2D eigenvalue weighted by Gasteiger charge is 2.25. The van der Waals surface area contributed by atoms with Crippen LogP contribution in [0.15, 0.2) is 53.1 Å². The Bertz CT molecular complexity index is 1070. The molecule has 0 spiro atoms. The van der Waals surface area contributed by atoms with Crippen LogP contribution in [0.5, 0.6) is 0 Å². The number of hydrogen-bond acceptors (Lipinski definition) is 6. The van der Waals surface area contributed by atoms with Crippen molar-refractivity contribution in [2.75, 3.05) is 26.2 Å². The second-order valence-electron chi connectivity index (χ2n) is 6.99. The summed E-state index contributed by atoms with van der Waals surface area (Å²) >= 11 is 0. The van der Waals surface area contributed by atoms with Crippen LogP contribution in [0.2, 0.25) is 0 Å². The monoisotopic (exact) mass is 392 g/mol. The predicted octanol–water partition coefficient (Wildman–Crippen LogP) is 1.45. The Labute approximate surface area is 166 Å². The molecule has 1 saturated heterocycles. The first-order valence-corrected chi connectivity index (χ1v) is 9.32. The summed E-state index contributed by atoms with van der Waals surface area (Å²) < 4.78 is 5.06. The summed E-state index contributed by atoms with van der Waals surface area (Å²) in [6, 6.07) is 15.0. The van der Waals surface area contributed by atoms with Gasteiger partial charge >= 0.3 is 0 Å². The van der Waals surface area contributed by atoms with Crippen LogP contribution >= 0.6 is 0 Å². The van der Waals surface area contributed by atoms with Gasteiger partial charge in [0.05, 0.1) is 5.39 Å². The topological polar surface area (TPSA) is 110 Å². The van der Waals surface area contributed by atoms with Crippen LogP contribution < -0.4 is 5.73 Å². The van der Waals surface area contributed by atoms with Crippen molar-refractivity contribution in [1.82, 2.24) is 15.0 Å². The number of Topliss-reactive ketones (excluding diaryl/α,β-unsaturated/α-hetero) is 1. The number of aromatic nitrogens is 1. The maximum absolute atomic E-state index is 12.9. The van der Waals surface area contributed by atoms with Crippen LogP contribution in [0.25, 0.3) is 11.0 Å². The predicted molar refractivity (Wildman–Crippen MR) is 105 cm³/mol. The second kappa shape index (κ2) is 7.84. The Balaban J connectivity index is 1.46. The Morgan fingerprint density at radius 3 is 2.41 bits per heavy atom. The van der Waals surface area contributed by atoms with E-state index >= 15 is 0 Å². The molecule has 0 bridgehead atoms. The number of ketones is 1. The van der Waals surface area contributed by atoms with Crippen LogP contribution in [-0.2, 0) is 11.3 Å². The Hall–Kier alpha value is -3.52. The maximum atomic E-state index is 12.9. The number of primary amides is 1. The molecule has 1 aliphatic rings. The quantitative estimate of drug-likeness (QED) is 0.520. The molecule has 8 nitrogen and oxygen atoms in total. The molecule has 8 heteroatoms. The number of piperazine rings is 1. The molecule has 1 fully saturated rings. The van der Waals surface area contributed by atoms with E-state index in [1.54, 1.807) is 17.0 Å². The van der Waals surface area contributed by atoms with Gasteiger partial charge in [-0.05, 0) is 23.8 Å². The lowest BCUT2D eigenvalue weighted by atomic mass is 10.1. The number of carbonyl (C=O) groups excluding carboxylic acids is 3. The second-order valence-corrected chi connectivity index (χ2v) is 6.99. The number of amides is 2. The average molecular weight is 392 g/mol. The van der Waals surface area contributed by atoms with Gasteiger partial charge in [0.15, 0.2) is 11.3 Å². The Kier molecular flexibility index (Phi) is 5.09. The van der Waals surface area contributed by atoms with Crippen LogP contribution in [-0.4, -0.2) is 58.7 Å². The molecule has 2 aromatic carbocycles. The number of nitrogens with two attached hydrogens (primary N) is 1. The van der Waals surface area contributed by atoms with Gasteiger partial charge in [-0.25, -0.2) is 0 Å². The molecule has 29 heavy (non-hydrogen) atoms. The van der Waals surface area contributed by atoms with Gasteiger partial charge in [0.2, 0.25) is 0 Å².